The molecule has 0 bridgehead atoms. The first-order chi connectivity index (χ1) is 11.3. The van der Waals surface area contributed by atoms with Crippen molar-refractivity contribution in [1.29, 1.82) is 0 Å². The van der Waals surface area contributed by atoms with Crippen molar-refractivity contribution < 1.29 is 9.53 Å². The van der Waals surface area contributed by atoms with Crippen LogP contribution in [0.2, 0.25) is 0 Å². The lowest BCUT2D eigenvalue weighted by Gasteiger charge is -2.11. The molecule has 3 aromatic rings. The summed E-state index contributed by atoms with van der Waals surface area (Å²) in [5.41, 5.74) is 1.46. The molecule has 116 valence electrons. The predicted molar refractivity (Wildman–Crippen MR) is 89.7 cm³/mol. The van der Waals surface area contributed by atoms with Gasteiger partial charge in [0.2, 0.25) is 5.91 Å². The number of carbonyl (C=O) groups is 1. The van der Waals surface area contributed by atoms with Crippen LogP contribution in [-0.2, 0) is 4.79 Å². The second kappa shape index (κ2) is 6.74. The maximum Gasteiger partial charge on any atom is 0.243 e. The number of anilines is 2. The zero-order valence-corrected chi connectivity index (χ0v) is 12.6. The molecule has 6 nitrogen and oxygen atoms in total. The molecule has 0 aliphatic carbocycles. The minimum atomic E-state index is -0.183. The minimum Gasteiger partial charge on any atom is -0.495 e. The van der Waals surface area contributed by atoms with Crippen molar-refractivity contribution in [3.63, 3.8) is 0 Å². The van der Waals surface area contributed by atoms with Gasteiger partial charge in [-0.1, -0.05) is 24.3 Å². The largest absolute Gasteiger partial charge is 0.495 e. The van der Waals surface area contributed by atoms with Gasteiger partial charge in [0.15, 0.2) is 0 Å². The summed E-state index contributed by atoms with van der Waals surface area (Å²) in [6.07, 6.45) is 1.47. The van der Waals surface area contributed by atoms with E-state index in [1.54, 1.807) is 19.2 Å². The van der Waals surface area contributed by atoms with Gasteiger partial charge in [-0.25, -0.2) is 9.97 Å². The van der Waals surface area contributed by atoms with Gasteiger partial charge in [-0.05, 0) is 24.3 Å². The molecule has 2 aromatic carbocycles. The van der Waals surface area contributed by atoms with Gasteiger partial charge >= 0.3 is 0 Å². The smallest absolute Gasteiger partial charge is 0.243 e. The van der Waals surface area contributed by atoms with Crippen LogP contribution in [0.5, 0.6) is 5.75 Å². The van der Waals surface area contributed by atoms with E-state index in [4.69, 9.17) is 4.74 Å². The number of nitrogens with one attached hydrogen (secondary N) is 2. The molecule has 0 fully saturated rings. The Kier molecular flexibility index (Phi) is 4.33. The standard InChI is InChI=1S/C17H16N4O2/c1-23-15-9-5-4-8-14(15)21-16(22)10-18-17-12-6-2-3-7-13(12)19-11-20-17/h2-9,11H,10H2,1H3,(H,21,22)(H,18,19,20). The van der Waals surface area contributed by atoms with Gasteiger partial charge in [0, 0.05) is 5.39 Å². The number of carbonyl (C=O) groups excluding carboxylic acids is 1. The molecule has 0 aliphatic rings. The monoisotopic (exact) mass is 308 g/mol. The highest BCUT2D eigenvalue weighted by Gasteiger charge is 2.08. The number of benzene rings is 2. The van der Waals surface area contributed by atoms with Gasteiger partial charge in [0.1, 0.15) is 17.9 Å². The fourth-order valence-electron chi connectivity index (χ4n) is 2.25. The third-order valence-electron chi connectivity index (χ3n) is 3.34. The van der Waals surface area contributed by atoms with Crippen LogP contribution in [0.3, 0.4) is 0 Å². The summed E-state index contributed by atoms with van der Waals surface area (Å²) in [4.78, 5) is 20.5. The average Bonchev–Trinajstić information content (AvgIpc) is 2.60. The van der Waals surface area contributed by atoms with Crippen LogP contribution in [0.25, 0.3) is 10.9 Å². The minimum absolute atomic E-state index is 0.0963. The topological polar surface area (TPSA) is 76.1 Å². The lowest BCUT2D eigenvalue weighted by atomic mass is 10.2. The number of hydrogen-bond donors (Lipinski definition) is 2. The van der Waals surface area contributed by atoms with Crippen molar-refractivity contribution in [2.75, 3.05) is 24.3 Å². The van der Waals surface area contributed by atoms with Gasteiger partial charge in [0.05, 0.1) is 24.9 Å². The summed E-state index contributed by atoms with van der Waals surface area (Å²) in [5, 5.41) is 6.73. The van der Waals surface area contributed by atoms with Crippen LogP contribution >= 0.6 is 0 Å². The highest BCUT2D eigenvalue weighted by atomic mass is 16.5. The van der Waals surface area contributed by atoms with Crippen molar-refractivity contribution in [2.45, 2.75) is 0 Å². The van der Waals surface area contributed by atoms with Gasteiger partial charge in [-0.2, -0.15) is 0 Å². The van der Waals surface area contributed by atoms with Crippen LogP contribution in [0.1, 0.15) is 0 Å². The summed E-state index contributed by atoms with van der Waals surface area (Å²) in [5.74, 6) is 1.07. The molecule has 0 saturated heterocycles. The van der Waals surface area contributed by atoms with E-state index in [1.807, 2.05) is 36.4 Å². The molecule has 0 atom stereocenters. The van der Waals surface area contributed by atoms with Crippen molar-refractivity contribution in [1.82, 2.24) is 9.97 Å². The number of nitrogens with zero attached hydrogens (tertiary/aromatic N) is 2. The van der Waals surface area contributed by atoms with E-state index >= 15 is 0 Å². The van der Waals surface area contributed by atoms with E-state index in [9.17, 15) is 4.79 Å². The molecule has 6 heteroatoms. The van der Waals surface area contributed by atoms with Crippen molar-refractivity contribution in [3.05, 3.63) is 54.9 Å². The fourth-order valence-corrected chi connectivity index (χ4v) is 2.25. The summed E-state index contributed by atoms with van der Waals surface area (Å²) >= 11 is 0. The number of aromatic nitrogens is 2. The van der Waals surface area contributed by atoms with E-state index < -0.39 is 0 Å². The molecule has 1 heterocycles. The summed E-state index contributed by atoms with van der Waals surface area (Å²) < 4.78 is 5.21. The number of hydrogen-bond acceptors (Lipinski definition) is 5. The molecule has 0 aliphatic heterocycles. The molecule has 0 spiro atoms. The summed E-state index contributed by atoms with van der Waals surface area (Å²) in [6, 6.07) is 14.9. The third-order valence-corrected chi connectivity index (χ3v) is 3.34. The highest BCUT2D eigenvalue weighted by Crippen LogP contribution is 2.23. The normalized spacial score (nSPS) is 10.3. The van der Waals surface area contributed by atoms with Crippen LogP contribution in [0, 0.1) is 0 Å². The Morgan fingerprint density at radius 1 is 1.09 bits per heavy atom. The Bertz CT molecular complexity index is 830. The Morgan fingerprint density at radius 2 is 1.87 bits per heavy atom. The first kappa shape index (κ1) is 14.8. The van der Waals surface area contributed by atoms with Crippen molar-refractivity contribution >= 4 is 28.3 Å². The first-order valence-electron chi connectivity index (χ1n) is 7.14. The van der Waals surface area contributed by atoms with Gasteiger partial charge in [-0.15, -0.1) is 0 Å². The quantitative estimate of drug-likeness (QED) is 0.758. The first-order valence-corrected chi connectivity index (χ1v) is 7.14. The lowest BCUT2D eigenvalue weighted by molar-refractivity contribution is -0.114. The number of methoxy groups -OCH3 is 1. The Hall–Kier alpha value is -3.15. The van der Waals surface area contributed by atoms with Crippen LogP contribution in [0.15, 0.2) is 54.9 Å². The number of para-hydroxylation sites is 3. The molecule has 0 radical (unpaired) electrons. The zero-order chi connectivity index (χ0) is 16.1. The van der Waals surface area contributed by atoms with E-state index in [-0.39, 0.29) is 12.5 Å². The van der Waals surface area contributed by atoms with E-state index in [1.165, 1.54) is 6.33 Å². The van der Waals surface area contributed by atoms with Crippen LogP contribution < -0.4 is 15.4 Å². The maximum absolute atomic E-state index is 12.1. The molecule has 23 heavy (non-hydrogen) atoms. The second-order valence-electron chi connectivity index (χ2n) is 4.84. The predicted octanol–water partition coefficient (Wildman–Crippen LogP) is 2.69. The molecular weight excluding hydrogens is 292 g/mol. The molecular formula is C17H16N4O2. The van der Waals surface area contributed by atoms with E-state index in [0.717, 1.165) is 10.9 Å². The maximum atomic E-state index is 12.1. The lowest BCUT2D eigenvalue weighted by Crippen LogP contribution is -2.22. The number of amides is 1. The fraction of sp³-hybridized carbons (Fsp3) is 0.118. The zero-order valence-electron chi connectivity index (χ0n) is 12.6. The number of ether oxygens (including phenoxy) is 1. The Labute approximate surface area is 133 Å². The SMILES string of the molecule is COc1ccccc1NC(=O)CNc1ncnc2ccccc12. The highest BCUT2D eigenvalue weighted by molar-refractivity contribution is 5.96. The molecule has 0 unspecified atom stereocenters. The van der Waals surface area contributed by atoms with Gasteiger partial charge in [0.25, 0.3) is 0 Å². The van der Waals surface area contributed by atoms with Gasteiger partial charge < -0.3 is 15.4 Å². The van der Waals surface area contributed by atoms with Crippen molar-refractivity contribution in [2.24, 2.45) is 0 Å². The average molecular weight is 308 g/mol. The number of fused-ring (bicyclic) bond motifs is 1. The van der Waals surface area contributed by atoms with Gasteiger partial charge in [-0.3, -0.25) is 4.79 Å². The van der Waals surface area contributed by atoms with E-state index in [2.05, 4.69) is 20.6 Å². The molecule has 3 rings (SSSR count). The molecule has 1 aromatic heterocycles. The molecule has 2 N–H and O–H groups in total. The third kappa shape index (κ3) is 3.37. The van der Waals surface area contributed by atoms with Crippen LogP contribution in [0.4, 0.5) is 11.5 Å². The molecule has 0 saturated carbocycles. The number of rotatable bonds is 5. The Balaban J connectivity index is 1.69. The summed E-state index contributed by atoms with van der Waals surface area (Å²) in [7, 11) is 1.57. The van der Waals surface area contributed by atoms with Crippen LogP contribution in [-0.4, -0.2) is 29.5 Å². The second-order valence-corrected chi connectivity index (χ2v) is 4.84. The Morgan fingerprint density at radius 3 is 2.74 bits per heavy atom. The summed E-state index contributed by atoms with van der Waals surface area (Å²) in [6.45, 7) is 0.0963. The van der Waals surface area contributed by atoms with Crippen molar-refractivity contribution in [3.8, 4) is 5.75 Å². The van der Waals surface area contributed by atoms with E-state index in [0.29, 0.717) is 17.3 Å². The molecule has 1 amide bonds.